The third-order valence-electron chi connectivity index (χ3n) is 6.13. The van der Waals surface area contributed by atoms with Crippen LogP contribution in [-0.2, 0) is 26.2 Å². The monoisotopic (exact) mass is 482 g/mol. The van der Waals surface area contributed by atoms with E-state index in [2.05, 4.69) is 120 Å². The molecule has 0 saturated heterocycles. The highest BCUT2D eigenvalue weighted by atomic mass is 16.5. The van der Waals surface area contributed by atoms with Crippen molar-refractivity contribution in [3.63, 3.8) is 0 Å². The molecule has 4 aromatic carbocycles. The van der Waals surface area contributed by atoms with Gasteiger partial charge in [-0.15, -0.1) is 0 Å². The summed E-state index contributed by atoms with van der Waals surface area (Å²) in [7, 11) is 0. The lowest BCUT2D eigenvalue weighted by Crippen LogP contribution is -2.80. The molecule has 4 N–H and O–H groups in total. The van der Waals surface area contributed by atoms with Crippen LogP contribution >= 0.6 is 0 Å². The van der Waals surface area contributed by atoms with Crippen LogP contribution in [0, 0.1) is 0 Å². The molecule has 0 fully saturated rings. The van der Waals surface area contributed by atoms with E-state index in [9.17, 15) is 0 Å². The van der Waals surface area contributed by atoms with E-state index in [0.717, 1.165) is 50.5 Å². The van der Waals surface area contributed by atoms with Crippen molar-refractivity contribution < 1.29 is 20.1 Å². The van der Waals surface area contributed by atoms with Crippen LogP contribution in [0.2, 0.25) is 0 Å². The number of unbranched alkanes of at least 4 members (excludes halogenated alkanes) is 1. The molecule has 0 aliphatic rings. The molecule has 0 spiro atoms. The Morgan fingerprint density at radius 3 is 1.08 bits per heavy atom. The number of benzene rings is 4. The van der Waals surface area contributed by atoms with Gasteiger partial charge in [0, 0.05) is 22.3 Å². The second kappa shape index (κ2) is 14.7. The summed E-state index contributed by atoms with van der Waals surface area (Å²) >= 11 is 0. The average molecular weight is 483 g/mol. The lowest BCUT2D eigenvalue weighted by Gasteiger charge is -2.09. The van der Waals surface area contributed by atoms with Gasteiger partial charge in [0.05, 0.1) is 13.2 Å². The number of quaternary nitrogens is 2. The van der Waals surface area contributed by atoms with Gasteiger partial charge in [0.1, 0.15) is 37.7 Å². The van der Waals surface area contributed by atoms with Gasteiger partial charge in [-0.25, -0.2) is 0 Å². The minimum atomic E-state index is 0.707. The van der Waals surface area contributed by atoms with Gasteiger partial charge in [-0.05, 0) is 61.4 Å². The Labute approximate surface area is 215 Å². The van der Waals surface area contributed by atoms with E-state index < -0.39 is 0 Å². The van der Waals surface area contributed by atoms with Gasteiger partial charge in [-0.2, -0.15) is 0 Å². The van der Waals surface area contributed by atoms with Gasteiger partial charge in [0.2, 0.25) is 0 Å². The third-order valence-corrected chi connectivity index (χ3v) is 6.13. The predicted molar refractivity (Wildman–Crippen MR) is 145 cm³/mol. The van der Waals surface area contributed by atoms with Gasteiger partial charge in [-0.3, -0.25) is 0 Å². The maximum Gasteiger partial charge on any atom is 0.119 e. The van der Waals surface area contributed by atoms with E-state index >= 15 is 0 Å². The fourth-order valence-electron chi connectivity index (χ4n) is 4.07. The zero-order valence-corrected chi connectivity index (χ0v) is 21.0. The Hall–Kier alpha value is -3.60. The lowest BCUT2D eigenvalue weighted by atomic mass is 10.2. The van der Waals surface area contributed by atoms with Crippen molar-refractivity contribution in [1.82, 2.24) is 0 Å². The Morgan fingerprint density at radius 1 is 0.389 bits per heavy atom. The smallest absolute Gasteiger partial charge is 0.119 e. The van der Waals surface area contributed by atoms with Crippen LogP contribution in [-0.4, -0.2) is 13.2 Å². The first-order valence-electron chi connectivity index (χ1n) is 13.0. The average Bonchev–Trinajstić information content (AvgIpc) is 2.93. The molecule has 0 aliphatic carbocycles. The quantitative estimate of drug-likeness (QED) is 0.246. The van der Waals surface area contributed by atoms with E-state index in [0.29, 0.717) is 13.2 Å². The van der Waals surface area contributed by atoms with E-state index in [-0.39, 0.29) is 0 Å². The number of ether oxygens (including phenoxy) is 2. The molecular weight excluding hydrogens is 444 g/mol. The summed E-state index contributed by atoms with van der Waals surface area (Å²) in [6, 6.07) is 38.1. The standard InChI is InChI=1S/C32H36N2O2/c1-3-9-27(10-4-1)23-33-25-29-13-17-31(18-14-29)35-21-7-8-22-36-32-19-15-30(16-20-32)26-34-24-28-11-5-2-6-12-28/h1-6,9-20,33-34H,7-8,21-26H2/p+2. The summed E-state index contributed by atoms with van der Waals surface area (Å²) in [6.45, 7) is 5.36. The molecule has 0 aliphatic heterocycles. The van der Waals surface area contributed by atoms with Gasteiger partial charge in [0.25, 0.3) is 0 Å². The summed E-state index contributed by atoms with van der Waals surface area (Å²) in [6.07, 6.45) is 1.94. The maximum atomic E-state index is 5.90. The summed E-state index contributed by atoms with van der Waals surface area (Å²) in [5, 5.41) is 4.65. The van der Waals surface area contributed by atoms with Crippen molar-refractivity contribution in [1.29, 1.82) is 0 Å². The topological polar surface area (TPSA) is 51.7 Å². The minimum absolute atomic E-state index is 0.707. The van der Waals surface area contributed by atoms with Crippen molar-refractivity contribution in [3.05, 3.63) is 131 Å². The maximum absolute atomic E-state index is 5.90. The molecule has 0 aromatic heterocycles. The molecule has 186 valence electrons. The van der Waals surface area contributed by atoms with E-state index in [1.165, 1.54) is 22.3 Å². The van der Waals surface area contributed by atoms with Crippen molar-refractivity contribution >= 4 is 0 Å². The Bertz CT molecular complexity index is 1020. The van der Waals surface area contributed by atoms with Crippen LogP contribution in [0.25, 0.3) is 0 Å². The molecule has 0 heterocycles. The molecule has 0 radical (unpaired) electrons. The molecule has 0 saturated carbocycles. The predicted octanol–water partition coefficient (Wildman–Crippen LogP) is 4.45. The zero-order chi connectivity index (χ0) is 24.7. The molecular formula is C32H38N2O2+2. The van der Waals surface area contributed by atoms with Crippen molar-refractivity contribution in [2.45, 2.75) is 39.0 Å². The first kappa shape index (κ1) is 25.5. The van der Waals surface area contributed by atoms with Crippen LogP contribution in [0.3, 0.4) is 0 Å². The highest BCUT2D eigenvalue weighted by Gasteiger charge is 2.01. The van der Waals surface area contributed by atoms with Crippen LogP contribution in [0.1, 0.15) is 35.1 Å². The van der Waals surface area contributed by atoms with E-state index in [4.69, 9.17) is 9.47 Å². The third kappa shape index (κ3) is 9.21. The lowest BCUT2D eigenvalue weighted by molar-refractivity contribution is -0.686. The highest BCUT2D eigenvalue weighted by molar-refractivity contribution is 5.27. The summed E-state index contributed by atoms with van der Waals surface area (Å²) in [4.78, 5) is 0. The largest absolute Gasteiger partial charge is 0.494 e. The van der Waals surface area contributed by atoms with Gasteiger partial charge in [0.15, 0.2) is 0 Å². The first-order chi connectivity index (χ1) is 17.8. The summed E-state index contributed by atoms with van der Waals surface area (Å²) < 4.78 is 11.8. The molecule has 0 amide bonds. The van der Waals surface area contributed by atoms with Gasteiger partial charge in [-0.1, -0.05) is 60.7 Å². The fraction of sp³-hybridized carbons (Fsp3) is 0.250. The summed E-state index contributed by atoms with van der Waals surface area (Å²) in [5.41, 5.74) is 5.33. The number of nitrogens with two attached hydrogens (primary N) is 2. The number of hydrogen-bond acceptors (Lipinski definition) is 2. The van der Waals surface area contributed by atoms with Gasteiger partial charge >= 0.3 is 0 Å². The highest BCUT2D eigenvalue weighted by Crippen LogP contribution is 2.14. The van der Waals surface area contributed by atoms with Crippen molar-refractivity contribution in [2.24, 2.45) is 0 Å². The van der Waals surface area contributed by atoms with Crippen molar-refractivity contribution in [2.75, 3.05) is 13.2 Å². The Morgan fingerprint density at radius 2 is 0.722 bits per heavy atom. The Balaban J connectivity index is 1.04. The molecule has 36 heavy (non-hydrogen) atoms. The molecule has 0 bridgehead atoms. The molecule has 4 heteroatoms. The molecule has 4 nitrogen and oxygen atoms in total. The van der Waals surface area contributed by atoms with Crippen LogP contribution in [0.4, 0.5) is 0 Å². The van der Waals surface area contributed by atoms with Crippen LogP contribution in [0.15, 0.2) is 109 Å². The minimum Gasteiger partial charge on any atom is -0.494 e. The van der Waals surface area contributed by atoms with E-state index in [1.54, 1.807) is 0 Å². The SMILES string of the molecule is c1ccc(C[NH2+]Cc2ccc(OCCCCOc3ccc(C[NH2+]Cc4ccccc4)cc3)cc2)cc1. The van der Waals surface area contributed by atoms with Crippen LogP contribution in [0.5, 0.6) is 11.5 Å². The fourth-order valence-corrected chi connectivity index (χ4v) is 4.07. The zero-order valence-electron chi connectivity index (χ0n) is 21.0. The Kier molecular flexibility index (Phi) is 10.4. The normalized spacial score (nSPS) is 10.8. The first-order valence-corrected chi connectivity index (χ1v) is 13.0. The van der Waals surface area contributed by atoms with Crippen molar-refractivity contribution in [3.8, 4) is 11.5 Å². The van der Waals surface area contributed by atoms with Gasteiger partial charge < -0.3 is 20.1 Å². The summed E-state index contributed by atoms with van der Waals surface area (Å²) in [5.74, 6) is 1.87. The molecule has 4 aromatic rings. The number of hydrogen-bond donors (Lipinski definition) is 2. The molecule has 4 rings (SSSR count). The second-order valence-electron chi connectivity index (χ2n) is 9.06. The second-order valence-corrected chi connectivity index (χ2v) is 9.06. The van der Waals surface area contributed by atoms with E-state index in [1.807, 2.05) is 0 Å². The van der Waals surface area contributed by atoms with Crippen LogP contribution < -0.4 is 20.1 Å². The number of rotatable bonds is 15. The molecule has 0 atom stereocenters. The molecule has 0 unspecified atom stereocenters.